The third-order valence-electron chi connectivity index (χ3n) is 3.02. The van der Waals surface area contributed by atoms with E-state index >= 15 is 0 Å². The number of nitrogens with two attached hydrogens (primary N) is 1. The summed E-state index contributed by atoms with van der Waals surface area (Å²) in [5, 5.41) is 5.19. The molecule has 17 heavy (non-hydrogen) atoms. The smallest absolute Gasteiger partial charge is 0.181 e. The van der Waals surface area contributed by atoms with Crippen molar-refractivity contribution in [2.24, 2.45) is 5.73 Å². The van der Waals surface area contributed by atoms with Gasteiger partial charge in [-0.15, -0.1) is 5.10 Å². The highest BCUT2D eigenvalue weighted by Crippen LogP contribution is 2.24. The number of aromatic nitrogens is 3. The molecule has 2 N–H and O–H groups in total. The van der Waals surface area contributed by atoms with Crippen molar-refractivity contribution in [1.82, 2.24) is 14.8 Å². The number of nitrogens with zero attached hydrogens (tertiary/aromatic N) is 3. The van der Waals surface area contributed by atoms with Gasteiger partial charge in [-0.1, -0.05) is 11.6 Å². The van der Waals surface area contributed by atoms with Crippen molar-refractivity contribution >= 4 is 11.6 Å². The molecule has 88 valence electrons. The van der Waals surface area contributed by atoms with Crippen LogP contribution in [-0.2, 0) is 6.42 Å². The Hall–Kier alpha value is -1.39. The minimum absolute atomic E-state index is 0.0349. The minimum atomic E-state index is -0.0349. The van der Waals surface area contributed by atoms with Crippen molar-refractivity contribution in [2.75, 3.05) is 0 Å². The third kappa shape index (κ3) is 1.94. The second-order valence-electron chi connectivity index (χ2n) is 4.26. The first kappa shape index (κ1) is 10.7. The van der Waals surface area contributed by atoms with Gasteiger partial charge >= 0.3 is 0 Å². The average molecular weight is 249 g/mol. The van der Waals surface area contributed by atoms with E-state index in [1.54, 1.807) is 0 Å². The monoisotopic (exact) mass is 248 g/mol. The van der Waals surface area contributed by atoms with Gasteiger partial charge in [0.25, 0.3) is 0 Å². The molecule has 4 nitrogen and oxygen atoms in total. The lowest BCUT2D eigenvalue weighted by Gasteiger charge is -2.18. The number of rotatable bonds is 1. The predicted molar refractivity (Wildman–Crippen MR) is 66.6 cm³/mol. The highest BCUT2D eigenvalue weighted by Gasteiger charge is 2.20. The van der Waals surface area contributed by atoms with Gasteiger partial charge in [-0.2, -0.15) is 0 Å². The van der Waals surface area contributed by atoms with Crippen molar-refractivity contribution in [2.45, 2.75) is 25.4 Å². The molecule has 0 amide bonds. The van der Waals surface area contributed by atoms with E-state index in [1.165, 1.54) is 0 Å². The molecule has 1 aliphatic rings. The summed E-state index contributed by atoms with van der Waals surface area (Å²) in [5.74, 6) is 1.71. The summed E-state index contributed by atoms with van der Waals surface area (Å²) in [6.45, 7) is 0. The zero-order valence-electron chi connectivity index (χ0n) is 9.31. The maximum atomic E-state index is 6.00. The van der Waals surface area contributed by atoms with Crippen molar-refractivity contribution < 1.29 is 0 Å². The Kier molecular flexibility index (Phi) is 2.61. The Morgan fingerprint density at radius 2 is 2.06 bits per heavy atom. The third-order valence-corrected chi connectivity index (χ3v) is 3.27. The van der Waals surface area contributed by atoms with Crippen LogP contribution in [0, 0.1) is 0 Å². The van der Waals surface area contributed by atoms with Crippen molar-refractivity contribution in [3.8, 4) is 11.4 Å². The first-order valence-corrected chi connectivity index (χ1v) is 6.09. The van der Waals surface area contributed by atoms with Crippen LogP contribution in [0.15, 0.2) is 24.3 Å². The molecule has 0 radical (unpaired) electrons. The zero-order chi connectivity index (χ0) is 11.8. The minimum Gasteiger partial charge on any atom is -0.310 e. The van der Waals surface area contributed by atoms with Gasteiger partial charge in [0.15, 0.2) is 5.82 Å². The van der Waals surface area contributed by atoms with E-state index in [9.17, 15) is 0 Å². The van der Waals surface area contributed by atoms with E-state index in [1.807, 2.05) is 28.9 Å². The maximum Gasteiger partial charge on any atom is 0.181 e. The highest BCUT2D eigenvalue weighted by atomic mass is 35.5. The molecule has 3 rings (SSSR count). The summed E-state index contributed by atoms with van der Waals surface area (Å²) in [6.07, 6.45) is 2.97. The van der Waals surface area contributed by atoms with E-state index in [-0.39, 0.29) is 6.17 Å². The molecule has 1 aromatic carbocycles. The molecule has 0 saturated carbocycles. The van der Waals surface area contributed by atoms with E-state index < -0.39 is 0 Å². The van der Waals surface area contributed by atoms with Gasteiger partial charge in [0.05, 0.1) is 0 Å². The molecule has 0 saturated heterocycles. The number of halogens is 1. The summed E-state index contributed by atoms with van der Waals surface area (Å²) >= 11 is 5.86. The molecular formula is C12H13ClN4. The summed E-state index contributed by atoms with van der Waals surface area (Å²) in [5.41, 5.74) is 6.98. The fourth-order valence-electron chi connectivity index (χ4n) is 2.10. The molecule has 1 aliphatic heterocycles. The molecule has 5 heteroatoms. The Morgan fingerprint density at radius 1 is 1.29 bits per heavy atom. The van der Waals surface area contributed by atoms with Crippen LogP contribution in [0.25, 0.3) is 11.4 Å². The number of hydrogen-bond donors (Lipinski definition) is 1. The molecule has 0 bridgehead atoms. The molecular weight excluding hydrogens is 236 g/mol. The molecule has 0 aliphatic carbocycles. The quantitative estimate of drug-likeness (QED) is 0.843. The van der Waals surface area contributed by atoms with Crippen LogP contribution < -0.4 is 5.73 Å². The van der Waals surface area contributed by atoms with Gasteiger partial charge in [-0.25, -0.2) is 9.67 Å². The zero-order valence-corrected chi connectivity index (χ0v) is 10.1. The lowest BCUT2D eigenvalue weighted by Crippen LogP contribution is -2.25. The van der Waals surface area contributed by atoms with E-state index in [4.69, 9.17) is 17.3 Å². The van der Waals surface area contributed by atoms with Gasteiger partial charge in [0.2, 0.25) is 0 Å². The first-order chi connectivity index (χ1) is 8.24. The highest BCUT2D eigenvalue weighted by molar-refractivity contribution is 6.30. The molecule has 0 spiro atoms. The SMILES string of the molecule is NC1CCCc2nc(-c3ccc(Cl)cc3)nn21. The van der Waals surface area contributed by atoms with Crippen LogP contribution in [0.3, 0.4) is 0 Å². The maximum absolute atomic E-state index is 6.00. The first-order valence-electron chi connectivity index (χ1n) is 5.71. The lowest BCUT2D eigenvalue weighted by atomic mass is 10.1. The van der Waals surface area contributed by atoms with Crippen LogP contribution in [-0.4, -0.2) is 14.8 Å². The van der Waals surface area contributed by atoms with E-state index in [0.717, 1.165) is 41.5 Å². The number of fused-ring (bicyclic) bond motifs is 1. The molecule has 0 fully saturated rings. The second kappa shape index (κ2) is 4.13. The van der Waals surface area contributed by atoms with E-state index in [0.29, 0.717) is 0 Å². The van der Waals surface area contributed by atoms with Crippen LogP contribution in [0.4, 0.5) is 0 Å². The summed E-state index contributed by atoms with van der Waals surface area (Å²) in [4.78, 5) is 4.53. The summed E-state index contributed by atoms with van der Waals surface area (Å²) in [7, 11) is 0. The van der Waals surface area contributed by atoms with Crippen molar-refractivity contribution in [3.63, 3.8) is 0 Å². The molecule has 2 heterocycles. The topological polar surface area (TPSA) is 56.7 Å². The Morgan fingerprint density at radius 3 is 2.76 bits per heavy atom. The number of benzene rings is 1. The van der Waals surface area contributed by atoms with Gasteiger partial charge < -0.3 is 5.73 Å². The lowest BCUT2D eigenvalue weighted by molar-refractivity contribution is 0.373. The second-order valence-corrected chi connectivity index (χ2v) is 4.70. The van der Waals surface area contributed by atoms with Crippen LogP contribution in [0.2, 0.25) is 5.02 Å². The van der Waals surface area contributed by atoms with Gasteiger partial charge in [-0.05, 0) is 37.1 Å². The largest absolute Gasteiger partial charge is 0.310 e. The normalized spacial score (nSPS) is 19.1. The standard InChI is InChI=1S/C12H13ClN4/c13-9-6-4-8(5-7-9)12-15-11-3-1-2-10(14)17(11)16-12/h4-7,10H,1-3,14H2. The summed E-state index contributed by atoms with van der Waals surface area (Å²) in [6, 6.07) is 7.54. The van der Waals surface area contributed by atoms with Crippen LogP contribution >= 0.6 is 11.6 Å². The van der Waals surface area contributed by atoms with Crippen LogP contribution in [0.1, 0.15) is 24.8 Å². The van der Waals surface area contributed by atoms with Gasteiger partial charge in [-0.3, -0.25) is 0 Å². The van der Waals surface area contributed by atoms with E-state index in [2.05, 4.69) is 10.1 Å². The average Bonchev–Trinajstić information content (AvgIpc) is 2.75. The number of hydrogen-bond acceptors (Lipinski definition) is 3. The predicted octanol–water partition coefficient (Wildman–Crippen LogP) is 2.39. The van der Waals surface area contributed by atoms with Crippen molar-refractivity contribution in [3.05, 3.63) is 35.1 Å². The fourth-order valence-corrected chi connectivity index (χ4v) is 2.23. The summed E-state index contributed by atoms with van der Waals surface area (Å²) < 4.78 is 1.84. The molecule has 1 aromatic heterocycles. The Labute approximate surface area is 104 Å². The Balaban J connectivity index is 2.02. The van der Waals surface area contributed by atoms with Gasteiger partial charge in [0.1, 0.15) is 12.0 Å². The Bertz CT molecular complexity index is 532. The van der Waals surface area contributed by atoms with Crippen molar-refractivity contribution in [1.29, 1.82) is 0 Å². The fraction of sp³-hybridized carbons (Fsp3) is 0.333. The van der Waals surface area contributed by atoms with Gasteiger partial charge in [0, 0.05) is 17.0 Å². The number of aryl methyl sites for hydroxylation is 1. The molecule has 1 unspecified atom stereocenters. The molecule has 2 aromatic rings. The van der Waals surface area contributed by atoms with Crippen LogP contribution in [0.5, 0.6) is 0 Å². The molecule has 1 atom stereocenters.